The maximum absolute atomic E-state index is 12.9. The highest BCUT2D eigenvalue weighted by Crippen LogP contribution is 2.40. The van der Waals surface area contributed by atoms with Gasteiger partial charge in [-0.2, -0.15) is 0 Å². The molecule has 0 atom stereocenters. The first-order valence-corrected chi connectivity index (χ1v) is 15.3. The lowest BCUT2D eigenvalue weighted by atomic mass is 9.85. The molecular formula is C27H36ClN3O2Si. The topological polar surface area (TPSA) is 56.1 Å². The summed E-state index contributed by atoms with van der Waals surface area (Å²) in [4.78, 5) is 17.3. The second kappa shape index (κ2) is 8.81. The Morgan fingerprint density at radius 3 is 2.41 bits per heavy atom. The molecule has 1 saturated carbocycles. The maximum Gasteiger partial charge on any atom is 0.256 e. The average Bonchev–Trinajstić information content (AvgIpc) is 3.56. The van der Waals surface area contributed by atoms with E-state index in [4.69, 9.17) is 16.0 Å². The summed E-state index contributed by atoms with van der Waals surface area (Å²) in [5.41, 5.74) is 2.61. The van der Waals surface area contributed by atoms with Crippen LogP contribution in [-0.4, -0.2) is 30.4 Å². The zero-order valence-electron chi connectivity index (χ0n) is 21.3. The van der Waals surface area contributed by atoms with Gasteiger partial charge in [0.05, 0.1) is 10.5 Å². The van der Waals surface area contributed by atoms with Gasteiger partial charge in [-0.15, -0.1) is 0 Å². The number of carbonyl (C=O) groups is 1. The molecule has 7 heteroatoms. The molecule has 3 aromatic rings. The van der Waals surface area contributed by atoms with Crippen molar-refractivity contribution in [1.29, 1.82) is 0 Å². The minimum absolute atomic E-state index is 0.148. The smallest absolute Gasteiger partial charge is 0.256 e. The van der Waals surface area contributed by atoms with Gasteiger partial charge in [-0.3, -0.25) is 4.79 Å². The van der Waals surface area contributed by atoms with Crippen LogP contribution in [0.3, 0.4) is 0 Å². The number of carbonyl (C=O) groups excluding carboxylic acids is 1. The summed E-state index contributed by atoms with van der Waals surface area (Å²) < 4.78 is 8.67. The molecule has 1 fully saturated rings. The third kappa shape index (κ3) is 5.09. The van der Waals surface area contributed by atoms with E-state index in [1.54, 1.807) is 6.20 Å². The fraction of sp³-hybridized carbons (Fsp3) is 0.481. The molecule has 0 saturated heterocycles. The van der Waals surface area contributed by atoms with Crippen LogP contribution in [0.1, 0.15) is 69.4 Å². The van der Waals surface area contributed by atoms with Gasteiger partial charge in [0, 0.05) is 47.5 Å². The Morgan fingerprint density at radius 2 is 1.82 bits per heavy atom. The summed E-state index contributed by atoms with van der Waals surface area (Å²) in [5, 5.41) is 4.73. The van der Waals surface area contributed by atoms with Crippen LogP contribution in [0, 0.1) is 0 Å². The molecule has 1 N–H and O–H groups in total. The molecule has 2 aromatic heterocycles. The third-order valence-corrected chi connectivity index (χ3v) is 12.2. The lowest BCUT2D eigenvalue weighted by Gasteiger charge is -2.39. The van der Waals surface area contributed by atoms with Crippen LogP contribution in [-0.2, 0) is 9.84 Å². The van der Waals surface area contributed by atoms with Gasteiger partial charge in [-0.25, -0.2) is 4.98 Å². The highest BCUT2D eigenvalue weighted by molar-refractivity contribution is 6.74. The largest absolute Gasteiger partial charge is 0.416 e. The number of aromatic nitrogens is 2. The molecule has 0 aliphatic heterocycles. The van der Waals surface area contributed by atoms with E-state index < -0.39 is 8.32 Å². The average molecular weight is 498 g/mol. The van der Waals surface area contributed by atoms with E-state index in [1.807, 2.05) is 36.5 Å². The lowest BCUT2D eigenvalue weighted by molar-refractivity contribution is 0.102. The fourth-order valence-corrected chi connectivity index (χ4v) is 5.15. The summed E-state index contributed by atoms with van der Waals surface area (Å²) in [6.07, 6.45) is 6.02. The zero-order chi connectivity index (χ0) is 24.9. The zero-order valence-corrected chi connectivity index (χ0v) is 23.1. The summed E-state index contributed by atoms with van der Waals surface area (Å²) in [6.45, 7) is 16.3. The van der Waals surface area contributed by atoms with Crippen molar-refractivity contribution in [2.75, 3.05) is 11.9 Å². The minimum atomic E-state index is -1.83. The molecule has 4 rings (SSSR count). The predicted octanol–water partition coefficient (Wildman–Crippen LogP) is 7.58. The number of nitrogens with one attached hydrogen (secondary N) is 1. The minimum Gasteiger partial charge on any atom is -0.416 e. The quantitative estimate of drug-likeness (QED) is 0.342. The molecule has 0 bridgehead atoms. The molecule has 0 unspecified atom stereocenters. The summed E-state index contributed by atoms with van der Waals surface area (Å²) in [7, 11) is -1.83. The SMILES string of the molecule is CC(C)(CO[Si](C)(C)C(C)(C)C)c1ccc(C(=O)Nc2cc3c(cn2)c(Cl)cn3C2CC2)cc1. The summed E-state index contributed by atoms with van der Waals surface area (Å²) in [5.74, 6) is 0.352. The Kier molecular flexibility index (Phi) is 6.47. The Bertz CT molecular complexity index is 1210. The molecule has 1 amide bonds. The molecule has 182 valence electrons. The van der Waals surface area contributed by atoms with Gasteiger partial charge in [-0.05, 0) is 48.7 Å². The second-order valence-corrected chi connectivity index (χ2v) is 16.9. The van der Waals surface area contributed by atoms with Crippen LogP contribution >= 0.6 is 11.6 Å². The normalized spacial score (nSPS) is 15.1. The molecule has 5 nitrogen and oxygen atoms in total. The van der Waals surface area contributed by atoms with Crippen LogP contribution in [0.15, 0.2) is 42.7 Å². The Hall–Kier alpha value is -2.15. The van der Waals surface area contributed by atoms with Crippen molar-refractivity contribution in [2.24, 2.45) is 0 Å². The van der Waals surface area contributed by atoms with Gasteiger partial charge in [0.1, 0.15) is 5.82 Å². The molecule has 0 radical (unpaired) electrons. The standard InChI is InChI=1S/C27H36ClN3O2Si/c1-26(2,3)34(6,7)33-17-27(4,5)19-10-8-18(9-11-19)25(32)30-24-14-23-21(15-29-24)22(28)16-31(23)20-12-13-20/h8-11,14-16,20H,12-13,17H2,1-7H3,(H,29,30,32). The monoisotopic (exact) mass is 497 g/mol. The van der Waals surface area contributed by atoms with Crippen molar-refractivity contribution in [1.82, 2.24) is 9.55 Å². The Balaban J connectivity index is 1.45. The van der Waals surface area contributed by atoms with Crippen molar-refractivity contribution in [2.45, 2.75) is 77.0 Å². The van der Waals surface area contributed by atoms with Gasteiger partial charge in [0.25, 0.3) is 5.91 Å². The van der Waals surface area contributed by atoms with Crippen molar-refractivity contribution in [3.63, 3.8) is 0 Å². The van der Waals surface area contributed by atoms with E-state index >= 15 is 0 Å². The third-order valence-electron chi connectivity index (χ3n) is 7.38. The van der Waals surface area contributed by atoms with Gasteiger partial charge >= 0.3 is 0 Å². The van der Waals surface area contributed by atoms with E-state index in [9.17, 15) is 4.79 Å². The molecule has 1 aliphatic rings. The lowest BCUT2D eigenvalue weighted by Crippen LogP contribution is -2.43. The van der Waals surface area contributed by atoms with Crippen LogP contribution in [0.4, 0.5) is 5.82 Å². The van der Waals surface area contributed by atoms with E-state index in [1.165, 1.54) is 0 Å². The van der Waals surface area contributed by atoms with Crippen molar-refractivity contribution < 1.29 is 9.22 Å². The second-order valence-electron chi connectivity index (χ2n) is 11.7. The number of pyridine rings is 1. The van der Waals surface area contributed by atoms with Crippen molar-refractivity contribution in [3.05, 3.63) is 58.9 Å². The fourth-order valence-electron chi connectivity index (χ4n) is 3.75. The highest BCUT2D eigenvalue weighted by atomic mass is 35.5. The van der Waals surface area contributed by atoms with E-state index in [0.29, 0.717) is 29.1 Å². The number of anilines is 1. The van der Waals surface area contributed by atoms with E-state index in [0.717, 1.165) is 29.3 Å². The van der Waals surface area contributed by atoms with Gasteiger partial charge in [0.2, 0.25) is 0 Å². The van der Waals surface area contributed by atoms with E-state index in [-0.39, 0.29) is 16.4 Å². The molecule has 34 heavy (non-hydrogen) atoms. The first kappa shape index (κ1) is 25.0. The van der Waals surface area contributed by atoms with Gasteiger partial charge < -0.3 is 14.3 Å². The molecular weight excluding hydrogens is 462 g/mol. The number of rotatable bonds is 7. The summed E-state index contributed by atoms with van der Waals surface area (Å²) in [6, 6.07) is 10.2. The number of nitrogens with zero attached hydrogens (tertiary/aromatic N) is 2. The number of halogens is 1. The van der Waals surface area contributed by atoms with Crippen LogP contribution < -0.4 is 5.32 Å². The molecule has 2 heterocycles. The number of hydrogen-bond donors (Lipinski definition) is 1. The predicted molar refractivity (Wildman–Crippen MR) is 144 cm³/mol. The number of hydrogen-bond acceptors (Lipinski definition) is 3. The maximum atomic E-state index is 12.9. The van der Waals surface area contributed by atoms with Crippen molar-refractivity contribution >= 4 is 42.5 Å². The number of fused-ring (bicyclic) bond motifs is 1. The van der Waals surface area contributed by atoms with E-state index in [2.05, 4.69) is 62.6 Å². The number of benzene rings is 1. The van der Waals surface area contributed by atoms with Crippen LogP contribution in [0.25, 0.3) is 10.9 Å². The first-order valence-electron chi connectivity index (χ1n) is 12.0. The van der Waals surface area contributed by atoms with Crippen LogP contribution in [0.2, 0.25) is 23.2 Å². The molecule has 0 spiro atoms. The Morgan fingerprint density at radius 1 is 1.18 bits per heavy atom. The highest BCUT2D eigenvalue weighted by Gasteiger charge is 2.38. The number of amides is 1. The summed E-state index contributed by atoms with van der Waals surface area (Å²) >= 11 is 6.37. The first-order chi connectivity index (χ1) is 15.8. The Labute approximate surface area is 209 Å². The molecule has 1 aromatic carbocycles. The molecule has 1 aliphatic carbocycles. The van der Waals surface area contributed by atoms with Crippen molar-refractivity contribution in [3.8, 4) is 0 Å². The van der Waals surface area contributed by atoms with Gasteiger partial charge in [0.15, 0.2) is 8.32 Å². The van der Waals surface area contributed by atoms with Gasteiger partial charge in [-0.1, -0.05) is 58.4 Å². The van der Waals surface area contributed by atoms with Crippen LogP contribution in [0.5, 0.6) is 0 Å².